The van der Waals surface area contributed by atoms with E-state index in [4.69, 9.17) is 4.74 Å². The van der Waals surface area contributed by atoms with Crippen molar-refractivity contribution in [1.82, 2.24) is 20.5 Å². The first-order valence-corrected chi connectivity index (χ1v) is 10.2. The molecule has 1 saturated heterocycles. The second-order valence-corrected chi connectivity index (χ2v) is 7.39. The zero-order valence-electron chi connectivity index (χ0n) is 18.0. The standard InChI is InChI=1S/C20H30F3N5O2.HI/c1-4-24-19(27-16-7-10-28(11-8-16)18(29)14(2)3)25-9-12-30-17-6-5-15(13-26-17)20(21,22)23;/h5-6,13-14,16H,4,7-12H2,1-3H3,(H2,24,25,27);1H. The van der Waals surface area contributed by atoms with Crippen LogP contribution < -0.4 is 15.4 Å². The van der Waals surface area contributed by atoms with Crippen LogP contribution in [-0.2, 0) is 11.0 Å². The molecule has 2 heterocycles. The summed E-state index contributed by atoms with van der Waals surface area (Å²) in [7, 11) is 0. The maximum absolute atomic E-state index is 12.5. The van der Waals surface area contributed by atoms with Gasteiger partial charge in [0.05, 0.1) is 12.1 Å². The number of rotatable bonds is 7. The Bertz CT molecular complexity index is 706. The molecule has 1 aromatic heterocycles. The molecule has 1 fully saturated rings. The molecule has 11 heteroatoms. The summed E-state index contributed by atoms with van der Waals surface area (Å²) in [5, 5.41) is 6.54. The third-order valence-corrected chi connectivity index (χ3v) is 4.66. The highest BCUT2D eigenvalue weighted by atomic mass is 127. The Morgan fingerprint density at radius 2 is 2.00 bits per heavy atom. The quantitative estimate of drug-likeness (QED) is 0.233. The number of pyridine rings is 1. The van der Waals surface area contributed by atoms with E-state index >= 15 is 0 Å². The first kappa shape index (κ1) is 27.2. The Morgan fingerprint density at radius 1 is 1.32 bits per heavy atom. The van der Waals surface area contributed by atoms with E-state index in [9.17, 15) is 18.0 Å². The van der Waals surface area contributed by atoms with Gasteiger partial charge in [-0.1, -0.05) is 13.8 Å². The summed E-state index contributed by atoms with van der Waals surface area (Å²) in [6, 6.07) is 2.35. The molecular formula is C20H31F3IN5O2. The van der Waals surface area contributed by atoms with Gasteiger partial charge in [0.15, 0.2) is 5.96 Å². The van der Waals surface area contributed by atoms with Gasteiger partial charge in [-0.25, -0.2) is 9.98 Å². The number of aromatic nitrogens is 1. The van der Waals surface area contributed by atoms with Gasteiger partial charge in [0.2, 0.25) is 11.8 Å². The fourth-order valence-electron chi connectivity index (χ4n) is 3.06. The lowest BCUT2D eigenvalue weighted by atomic mass is 10.0. The van der Waals surface area contributed by atoms with E-state index in [2.05, 4.69) is 20.6 Å². The van der Waals surface area contributed by atoms with Crippen molar-refractivity contribution in [3.63, 3.8) is 0 Å². The van der Waals surface area contributed by atoms with Crippen LogP contribution in [0, 0.1) is 5.92 Å². The summed E-state index contributed by atoms with van der Waals surface area (Å²) in [6.07, 6.45) is -1.98. The number of nitrogens with one attached hydrogen (secondary N) is 2. The SMILES string of the molecule is CCNC(=NCCOc1ccc(C(F)(F)F)cn1)NC1CCN(C(=O)C(C)C)CC1.I. The van der Waals surface area contributed by atoms with Gasteiger partial charge in [-0.05, 0) is 25.8 Å². The minimum Gasteiger partial charge on any atom is -0.476 e. The van der Waals surface area contributed by atoms with E-state index in [0.717, 1.165) is 38.2 Å². The number of alkyl halides is 3. The molecule has 31 heavy (non-hydrogen) atoms. The molecule has 2 rings (SSSR count). The minimum atomic E-state index is -4.42. The average molecular weight is 557 g/mol. The molecule has 1 aliphatic heterocycles. The molecule has 0 spiro atoms. The third-order valence-electron chi connectivity index (χ3n) is 4.66. The molecule has 0 aromatic carbocycles. The highest BCUT2D eigenvalue weighted by Crippen LogP contribution is 2.29. The van der Waals surface area contributed by atoms with Crippen molar-refractivity contribution in [2.45, 2.75) is 45.8 Å². The van der Waals surface area contributed by atoms with Crippen molar-refractivity contribution in [1.29, 1.82) is 0 Å². The second kappa shape index (κ2) is 12.9. The van der Waals surface area contributed by atoms with Crippen molar-refractivity contribution in [3.8, 4) is 5.88 Å². The minimum absolute atomic E-state index is 0. The number of ether oxygens (including phenoxy) is 1. The first-order valence-electron chi connectivity index (χ1n) is 10.2. The highest BCUT2D eigenvalue weighted by Gasteiger charge is 2.30. The monoisotopic (exact) mass is 557 g/mol. The number of nitrogens with zero attached hydrogens (tertiary/aromatic N) is 3. The van der Waals surface area contributed by atoms with E-state index in [1.165, 1.54) is 6.07 Å². The molecule has 1 amide bonds. The van der Waals surface area contributed by atoms with Gasteiger partial charge in [-0.15, -0.1) is 24.0 Å². The van der Waals surface area contributed by atoms with Crippen LogP contribution in [0.25, 0.3) is 0 Å². The largest absolute Gasteiger partial charge is 0.476 e. The smallest absolute Gasteiger partial charge is 0.417 e. The fourth-order valence-corrected chi connectivity index (χ4v) is 3.06. The van der Waals surface area contributed by atoms with E-state index in [0.29, 0.717) is 19.0 Å². The van der Waals surface area contributed by atoms with Crippen LogP contribution in [0.15, 0.2) is 23.3 Å². The molecule has 0 aliphatic carbocycles. The van der Waals surface area contributed by atoms with E-state index in [1.54, 1.807) is 0 Å². The average Bonchev–Trinajstić information content (AvgIpc) is 2.71. The molecule has 0 unspecified atom stereocenters. The molecule has 1 aliphatic rings. The van der Waals surface area contributed by atoms with Crippen LogP contribution in [0.2, 0.25) is 0 Å². The number of piperidine rings is 1. The Hall–Kier alpha value is -1.79. The number of halogens is 4. The summed E-state index contributed by atoms with van der Waals surface area (Å²) in [5.41, 5.74) is -0.812. The second-order valence-electron chi connectivity index (χ2n) is 7.39. The first-order chi connectivity index (χ1) is 14.2. The zero-order chi connectivity index (χ0) is 22.1. The number of hydrogen-bond acceptors (Lipinski definition) is 4. The maximum atomic E-state index is 12.5. The molecule has 7 nitrogen and oxygen atoms in total. The molecule has 176 valence electrons. The molecular weight excluding hydrogens is 526 g/mol. The summed E-state index contributed by atoms with van der Waals surface area (Å²) >= 11 is 0. The van der Waals surface area contributed by atoms with Crippen LogP contribution in [0.4, 0.5) is 13.2 Å². The number of likely N-dealkylation sites (tertiary alicyclic amines) is 1. The van der Waals surface area contributed by atoms with Crippen molar-refractivity contribution in [3.05, 3.63) is 23.9 Å². The zero-order valence-corrected chi connectivity index (χ0v) is 20.4. The molecule has 1 aromatic rings. The number of amides is 1. The lowest BCUT2D eigenvalue weighted by Gasteiger charge is -2.34. The fraction of sp³-hybridized carbons (Fsp3) is 0.650. The summed E-state index contributed by atoms with van der Waals surface area (Å²) in [4.78, 5) is 22.1. The molecule has 0 bridgehead atoms. The van der Waals surface area contributed by atoms with E-state index in [-0.39, 0.29) is 54.3 Å². The molecule has 0 radical (unpaired) electrons. The predicted octanol–water partition coefficient (Wildman–Crippen LogP) is 3.30. The predicted molar refractivity (Wildman–Crippen MR) is 124 cm³/mol. The number of carbonyl (C=O) groups is 1. The normalized spacial score (nSPS) is 15.5. The van der Waals surface area contributed by atoms with Crippen molar-refractivity contribution >= 4 is 35.8 Å². The molecule has 0 saturated carbocycles. The van der Waals surface area contributed by atoms with Gasteiger partial charge in [0.1, 0.15) is 6.61 Å². The Kier molecular flexibility index (Phi) is 11.4. The van der Waals surface area contributed by atoms with E-state index < -0.39 is 11.7 Å². The lowest BCUT2D eigenvalue weighted by Crippen LogP contribution is -2.50. The van der Waals surface area contributed by atoms with Crippen molar-refractivity contribution in [2.24, 2.45) is 10.9 Å². The topological polar surface area (TPSA) is 78.9 Å². The van der Waals surface area contributed by atoms with Crippen LogP contribution in [-0.4, -0.2) is 60.6 Å². The van der Waals surface area contributed by atoms with Crippen molar-refractivity contribution < 1.29 is 22.7 Å². The van der Waals surface area contributed by atoms with Crippen LogP contribution in [0.3, 0.4) is 0 Å². The number of aliphatic imine (C=N–C) groups is 1. The highest BCUT2D eigenvalue weighted by molar-refractivity contribution is 14.0. The Morgan fingerprint density at radius 3 is 2.52 bits per heavy atom. The van der Waals surface area contributed by atoms with Gasteiger partial charge >= 0.3 is 6.18 Å². The lowest BCUT2D eigenvalue weighted by molar-refractivity contribution is -0.138. The van der Waals surface area contributed by atoms with Gasteiger partial charge in [-0.2, -0.15) is 13.2 Å². The Labute approximate surface area is 198 Å². The number of carbonyl (C=O) groups excluding carboxylic acids is 1. The number of hydrogen-bond donors (Lipinski definition) is 2. The van der Waals surface area contributed by atoms with Gasteiger partial charge < -0.3 is 20.3 Å². The molecule has 2 N–H and O–H groups in total. The summed E-state index contributed by atoms with van der Waals surface area (Å²) in [6.45, 7) is 8.42. The van der Waals surface area contributed by atoms with Gasteiger partial charge in [0.25, 0.3) is 0 Å². The van der Waals surface area contributed by atoms with Gasteiger partial charge in [0, 0.05) is 43.9 Å². The summed E-state index contributed by atoms with van der Waals surface area (Å²) < 4.78 is 43.0. The number of guanidine groups is 1. The third kappa shape index (κ3) is 9.08. The van der Waals surface area contributed by atoms with Crippen molar-refractivity contribution in [2.75, 3.05) is 32.8 Å². The van der Waals surface area contributed by atoms with Crippen LogP contribution >= 0.6 is 24.0 Å². The van der Waals surface area contributed by atoms with Crippen LogP contribution in [0.1, 0.15) is 39.2 Å². The van der Waals surface area contributed by atoms with Crippen LogP contribution in [0.5, 0.6) is 5.88 Å². The van der Waals surface area contributed by atoms with E-state index in [1.807, 2.05) is 25.7 Å². The Balaban J connectivity index is 0.00000480. The van der Waals surface area contributed by atoms with Gasteiger partial charge in [-0.3, -0.25) is 4.79 Å². The maximum Gasteiger partial charge on any atom is 0.417 e. The molecule has 0 atom stereocenters. The summed E-state index contributed by atoms with van der Waals surface area (Å²) in [5.74, 6) is 0.962.